The summed E-state index contributed by atoms with van der Waals surface area (Å²) < 4.78 is 15.7. The van der Waals surface area contributed by atoms with Gasteiger partial charge in [-0.15, -0.1) is 0 Å². The van der Waals surface area contributed by atoms with Crippen LogP contribution in [-0.4, -0.2) is 45.3 Å². The lowest BCUT2D eigenvalue weighted by atomic mass is 9.91. The van der Waals surface area contributed by atoms with Gasteiger partial charge in [0, 0.05) is 25.2 Å². The van der Waals surface area contributed by atoms with Gasteiger partial charge in [0.15, 0.2) is 5.67 Å². The molecule has 2 heterocycles. The Morgan fingerprint density at radius 1 is 1.27 bits per heavy atom. The van der Waals surface area contributed by atoms with Crippen molar-refractivity contribution in [2.24, 2.45) is 5.73 Å². The average Bonchev–Trinajstić information content (AvgIpc) is 3.07. The molecule has 0 radical (unpaired) electrons. The van der Waals surface area contributed by atoms with Crippen molar-refractivity contribution in [2.75, 3.05) is 13.1 Å². The van der Waals surface area contributed by atoms with Gasteiger partial charge in [-0.05, 0) is 38.8 Å². The molecule has 7 heteroatoms. The lowest BCUT2D eigenvalue weighted by Gasteiger charge is -2.34. The summed E-state index contributed by atoms with van der Waals surface area (Å²) in [6, 6.07) is 9.41. The quantitative estimate of drug-likeness (QED) is 0.911. The number of carbonyl (C=O) groups is 2. The van der Waals surface area contributed by atoms with Crippen molar-refractivity contribution in [3.8, 4) is 5.69 Å². The van der Waals surface area contributed by atoms with Crippen LogP contribution in [0.4, 0.5) is 4.39 Å². The van der Waals surface area contributed by atoms with Crippen LogP contribution in [0, 0.1) is 0 Å². The number of carbonyl (C=O) groups excluding carboxylic acids is 2. The number of piperidine rings is 1. The number of primary amides is 1. The molecule has 1 aliphatic rings. The van der Waals surface area contributed by atoms with E-state index in [1.54, 1.807) is 10.9 Å². The van der Waals surface area contributed by atoms with Crippen LogP contribution in [0.2, 0.25) is 0 Å². The number of halogens is 1. The Hall–Kier alpha value is -2.70. The summed E-state index contributed by atoms with van der Waals surface area (Å²) >= 11 is 0. The smallest absolute Gasteiger partial charge is 0.259 e. The zero-order chi connectivity index (χ0) is 18.9. The summed E-state index contributed by atoms with van der Waals surface area (Å²) in [5.74, 6) is -1.25. The Balaban J connectivity index is 1.91. The number of rotatable bonds is 4. The van der Waals surface area contributed by atoms with Gasteiger partial charge in [0.25, 0.3) is 11.8 Å². The molecule has 6 nitrogen and oxygen atoms in total. The van der Waals surface area contributed by atoms with Crippen molar-refractivity contribution in [3.05, 3.63) is 47.8 Å². The van der Waals surface area contributed by atoms with E-state index in [9.17, 15) is 14.0 Å². The van der Waals surface area contributed by atoms with Crippen LogP contribution in [0.5, 0.6) is 0 Å². The normalized spacial score (nSPS) is 18.0. The SMILES string of the molecule is CC(C)(F)C(=O)N1CCCC(c2nn(-c3ccccc3)cc2C(N)=O)C1. The van der Waals surface area contributed by atoms with Gasteiger partial charge < -0.3 is 10.6 Å². The van der Waals surface area contributed by atoms with Gasteiger partial charge in [0.1, 0.15) is 0 Å². The third-order valence-electron chi connectivity index (χ3n) is 4.63. The Labute approximate surface area is 151 Å². The summed E-state index contributed by atoms with van der Waals surface area (Å²) in [5.41, 5.74) is 5.35. The molecule has 26 heavy (non-hydrogen) atoms. The van der Waals surface area contributed by atoms with Gasteiger partial charge in [0.05, 0.1) is 16.9 Å². The summed E-state index contributed by atoms with van der Waals surface area (Å²) in [7, 11) is 0. The first-order valence-corrected chi connectivity index (χ1v) is 8.70. The number of nitrogens with zero attached hydrogens (tertiary/aromatic N) is 3. The summed E-state index contributed by atoms with van der Waals surface area (Å²) in [6.45, 7) is 3.36. The van der Waals surface area contributed by atoms with Gasteiger partial charge >= 0.3 is 0 Å². The van der Waals surface area contributed by atoms with E-state index in [-0.39, 0.29) is 5.92 Å². The predicted octanol–water partition coefficient (Wildman–Crippen LogP) is 2.43. The topological polar surface area (TPSA) is 81.2 Å². The zero-order valence-corrected chi connectivity index (χ0v) is 15.0. The molecular formula is C19H23FN4O2. The molecule has 1 saturated heterocycles. The van der Waals surface area contributed by atoms with Gasteiger partial charge in [0.2, 0.25) is 0 Å². The Bertz CT molecular complexity index is 811. The second kappa shape index (κ2) is 6.90. The van der Waals surface area contributed by atoms with Gasteiger partial charge in [-0.3, -0.25) is 9.59 Å². The van der Waals surface area contributed by atoms with E-state index in [2.05, 4.69) is 5.10 Å². The third kappa shape index (κ3) is 3.61. The summed E-state index contributed by atoms with van der Waals surface area (Å²) in [4.78, 5) is 25.7. The van der Waals surface area contributed by atoms with E-state index in [0.29, 0.717) is 24.3 Å². The maximum atomic E-state index is 14.0. The Morgan fingerprint density at radius 2 is 1.96 bits per heavy atom. The maximum absolute atomic E-state index is 14.0. The highest BCUT2D eigenvalue weighted by Crippen LogP contribution is 2.30. The van der Waals surface area contributed by atoms with Gasteiger partial charge in [-0.2, -0.15) is 5.10 Å². The molecule has 0 spiro atoms. The molecule has 0 saturated carbocycles. The fourth-order valence-electron chi connectivity index (χ4n) is 3.35. The largest absolute Gasteiger partial charge is 0.365 e. The first-order chi connectivity index (χ1) is 12.3. The molecule has 1 atom stereocenters. The predicted molar refractivity (Wildman–Crippen MR) is 95.8 cm³/mol. The van der Waals surface area contributed by atoms with Crippen LogP contribution < -0.4 is 5.73 Å². The van der Waals surface area contributed by atoms with E-state index in [4.69, 9.17) is 5.73 Å². The van der Waals surface area contributed by atoms with E-state index >= 15 is 0 Å². The Kier molecular flexibility index (Phi) is 4.80. The number of amides is 2. The summed E-state index contributed by atoms with van der Waals surface area (Å²) in [5, 5.41) is 4.57. The fraction of sp³-hybridized carbons (Fsp3) is 0.421. The standard InChI is InChI=1S/C19H23FN4O2/c1-19(2,20)18(26)23-10-6-7-13(11-23)16-15(17(21)25)12-24(22-16)14-8-4-3-5-9-14/h3-5,8-9,12-13H,6-7,10-11H2,1-2H3,(H2,21,25). The first-order valence-electron chi connectivity index (χ1n) is 8.70. The number of hydrogen-bond donors (Lipinski definition) is 1. The van der Waals surface area contributed by atoms with Gasteiger partial charge in [-0.1, -0.05) is 18.2 Å². The molecule has 1 unspecified atom stereocenters. The van der Waals surface area contributed by atoms with Crippen LogP contribution in [0.3, 0.4) is 0 Å². The highest BCUT2D eigenvalue weighted by Gasteiger charge is 2.36. The van der Waals surface area contributed by atoms with E-state index in [1.165, 1.54) is 18.7 Å². The maximum Gasteiger partial charge on any atom is 0.259 e. The molecule has 3 rings (SSSR count). The molecule has 1 aromatic carbocycles. The number of hydrogen-bond acceptors (Lipinski definition) is 3. The fourth-order valence-corrected chi connectivity index (χ4v) is 3.35. The lowest BCUT2D eigenvalue weighted by Crippen LogP contribution is -2.47. The number of aromatic nitrogens is 2. The molecule has 138 valence electrons. The number of para-hydroxylation sites is 1. The second-order valence-electron chi connectivity index (χ2n) is 7.14. The van der Waals surface area contributed by atoms with Crippen molar-refractivity contribution in [3.63, 3.8) is 0 Å². The van der Waals surface area contributed by atoms with Gasteiger partial charge in [-0.25, -0.2) is 9.07 Å². The summed E-state index contributed by atoms with van der Waals surface area (Å²) in [6.07, 6.45) is 3.11. The molecule has 1 aromatic heterocycles. The second-order valence-corrected chi connectivity index (χ2v) is 7.14. The molecule has 2 N–H and O–H groups in total. The number of likely N-dealkylation sites (tertiary alicyclic amines) is 1. The highest BCUT2D eigenvalue weighted by atomic mass is 19.1. The van der Waals surface area contributed by atoms with E-state index in [0.717, 1.165) is 18.5 Å². The Morgan fingerprint density at radius 3 is 2.58 bits per heavy atom. The van der Waals surface area contributed by atoms with Crippen molar-refractivity contribution in [2.45, 2.75) is 38.3 Å². The third-order valence-corrected chi connectivity index (χ3v) is 4.63. The monoisotopic (exact) mass is 358 g/mol. The van der Waals surface area contributed by atoms with Crippen molar-refractivity contribution in [1.82, 2.24) is 14.7 Å². The van der Waals surface area contributed by atoms with E-state index in [1.807, 2.05) is 30.3 Å². The van der Waals surface area contributed by atoms with Crippen LogP contribution >= 0.6 is 0 Å². The minimum absolute atomic E-state index is 0.150. The molecule has 1 aliphatic heterocycles. The van der Waals surface area contributed by atoms with Crippen molar-refractivity contribution >= 4 is 11.8 Å². The average molecular weight is 358 g/mol. The molecule has 0 bridgehead atoms. The number of benzene rings is 1. The molecule has 0 aliphatic carbocycles. The van der Waals surface area contributed by atoms with Crippen molar-refractivity contribution in [1.29, 1.82) is 0 Å². The number of alkyl halides is 1. The molecular weight excluding hydrogens is 335 g/mol. The molecule has 2 amide bonds. The van der Waals surface area contributed by atoms with Crippen LogP contribution in [0.25, 0.3) is 5.69 Å². The van der Waals surface area contributed by atoms with Crippen LogP contribution in [-0.2, 0) is 4.79 Å². The highest BCUT2D eigenvalue weighted by molar-refractivity contribution is 5.94. The van der Waals surface area contributed by atoms with E-state index < -0.39 is 17.5 Å². The van der Waals surface area contributed by atoms with Crippen LogP contribution in [0.15, 0.2) is 36.5 Å². The first kappa shape index (κ1) is 18.1. The molecule has 1 fully saturated rings. The molecule has 2 aromatic rings. The minimum atomic E-state index is -1.92. The lowest BCUT2D eigenvalue weighted by molar-refractivity contribution is -0.143. The zero-order valence-electron chi connectivity index (χ0n) is 15.0. The van der Waals surface area contributed by atoms with Crippen molar-refractivity contribution < 1.29 is 14.0 Å². The number of nitrogens with two attached hydrogens (primary N) is 1. The van der Waals surface area contributed by atoms with Crippen LogP contribution in [0.1, 0.15) is 48.7 Å². The minimum Gasteiger partial charge on any atom is -0.365 e.